The van der Waals surface area contributed by atoms with Crippen LogP contribution in [0.3, 0.4) is 0 Å². The summed E-state index contributed by atoms with van der Waals surface area (Å²) < 4.78 is 10.6. The van der Waals surface area contributed by atoms with Crippen molar-refractivity contribution in [3.8, 4) is 0 Å². The van der Waals surface area contributed by atoms with Crippen LogP contribution in [0.5, 0.6) is 0 Å². The fourth-order valence-corrected chi connectivity index (χ4v) is 6.16. The van der Waals surface area contributed by atoms with E-state index in [1.165, 1.54) is 0 Å². The fraction of sp³-hybridized carbons (Fsp3) is 0.205. The number of nitrogens with one attached hydrogen (secondary N) is 2. The number of guanidine groups is 1. The molecule has 0 unspecified atom stereocenters. The van der Waals surface area contributed by atoms with Gasteiger partial charge in [-0.2, -0.15) is 0 Å². The molecule has 0 saturated carbocycles. The Morgan fingerprint density at radius 1 is 0.655 bits per heavy atom. The Bertz CT molecular complexity index is 1960. The van der Waals surface area contributed by atoms with E-state index in [9.17, 15) is 19.2 Å². The highest BCUT2D eigenvalue weighted by atomic mass is 16.6. The number of primary amides is 1. The van der Waals surface area contributed by atoms with Crippen molar-refractivity contribution >= 4 is 30.0 Å². The van der Waals surface area contributed by atoms with Crippen LogP contribution in [0.25, 0.3) is 0 Å². The molecule has 0 spiro atoms. The number of nitrogens with two attached hydrogens (primary N) is 1. The van der Waals surface area contributed by atoms with E-state index in [1.54, 1.807) is 17.0 Å². The maximum atomic E-state index is 14.9. The maximum absolute atomic E-state index is 14.9. The van der Waals surface area contributed by atoms with Gasteiger partial charge in [0.25, 0.3) is 0 Å². The van der Waals surface area contributed by atoms with Crippen molar-refractivity contribution in [3.05, 3.63) is 179 Å². The summed E-state index contributed by atoms with van der Waals surface area (Å²) in [6, 6.07) is 45.0. The first-order valence-electron chi connectivity index (χ1n) is 18.1. The third-order valence-corrected chi connectivity index (χ3v) is 8.92. The largest absolute Gasteiger partial charge is 0.444 e. The van der Waals surface area contributed by atoms with Gasteiger partial charge in [-0.1, -0.05) is 152 Å². The van der Waals surface area contributed by atoms with E-state index in [2.05, 4.69) is 15.6 Å². The predicted molar refractivity (Wildman–Crippen MR) is 210 cm³/mol. The first-order valence-corrected chi connectivity index (χ1v) is 18.1. The minimum atomic E-state index is -1.01. The Morgan fingerprint density at radius 2 is 1.11 bits per heavy atom. The number of ether oxygens (including phenoxy) is 2. The van der Waals surface area contributed by atoms with Crippen molar-refractivity contribution in [2.24, 2.45) is 10.7 Å². The molecule has 0 saturated heterocycles. The van der Waals surface area contributed by atoms with Gasteiger partial charge >= 0.3 is 12.2 Å². The van der Waals surface area contributed by atoms with Gasteiger partial charge in [0, 0.05) is 6.54 Å². The summed E-state index contributed by atoms with van der Waals surface area (Å²) >= 11 is 0. The van der Waals surface area contributed by atoms with Crippen LogP contribution in [0.2, 0.25) is 0 Å². The number of rotatable bonds is 15. The molecule has 4 amide bonds. The van der Waals surface area contributed by atoms with E-state index in [4.69, 9.17) is 15.2 Å². The summed E-state index contributed by atoms with van der Waals surface area (Å²) in [4.78, 5) is 59.2. The number of alkyl carbamates (subject to hydrolysis) is 1. The zero-order valence-corrected chi connectivity index (χ0v) is 30.6. The van der Waals surface area contributed by atoms with Crippen molar-refractivity contribution < 1.29 is 28.7 Å². The summed E-state index contributed by atoms with van der Waals surface area (Å²) in [5, 5.41) is 5.44. The molecular formula is C44H45N5O6. The molecule has 5 rings (SSSR count). The van der Waals surface area contributed by atoms with Crippen LogP contribution in [0.1, 0.15) is 59.5 Å². The van der Waals surface area contributed by atoms with Crippen molar-refractivity contribution in [2.45, 2.75) is 51.0 Å². The summed E-state index contributed by atoms with van der Waals surface area (Å²) in [5.41, 5.74) is 10.0. The molecule has 2 atom stereocenters. The highest BCUT2D eigenvalue weighted by molar-refractivity contribution is 5.98. The van der Waals surface area contributed by atoms with Crippen LogP contribution < -0.4 is 16.4 Å². The molecule has 0 aliphatic carbocycles. The molecule has 5 aromatic carbocycles. The van der Waals surface area contributed by atoms with Crippen molar-refractivity contribution in [1.29, 1.82) is 0 Å². The van der Waals surface area contributed by atoms with E-state index in [0.29, 0.717) is 6.42 Å². The standard InChI is InChI=1S/C44H45N5O6/c1-32(35-22-11-4-12-23-35)49(41(51)39(36-24-13-5-14-25-36)37-26-15-6-16-27-37)38(40(45)50)28-17-29-46-42(47-43(52)54-30-33-18-7-2-8-19-33)48-44(53)55-31-34-20-9-3-10-21-34/h2-16,18-27,32,38-39H,17,28-31H2,1H3,(H2,45,50)(H2,46,47,48,52,53)/t32-,38+/m0/s1. The molecule has 0 heterocycles. The third kappa shape index (κ3) is 11.9. The van der Waals surface area contributed by atoms with Gasteiger partial charge in [-0.15, -0.1) is 4.99 Å². The molecule has 55 heavy (non-hydrogen) atoms. The van der Waals surface area contributed by atoms with Crippen LogP contribution in [-0.2, 0) is 32.3 Å². The van der Waals surface area contributed by atoms with Crippen LogP contribution >= 0.6 is 0 Å². The quantitative estimate of drug-likeness (QED) is 0.0581. The summed E-state index contributed by atoms with van der Waals surface area (Å²) in [5.74, 6) is -1.86. The number of benzene rings is 5. The Labute approximate surface area is 321 Å². The normalized spacial score (nSPS) is 12.2. The summed E-state index contributed by atoms with van der Waals surface area (Å²) in [6.45, 7) is 1.99. The molecule has 0 bridgehead atoms. The minimum Gasteiger partial charge on any atom is -0.444 e. The van der Waals surface area contributed by atoms with Gasteiger partial charge in [0.15, 0.2) is 0 Å². The molecule has 0 aliphatic rings. The molecule has 0 aromatic heterocycles. The average molecular weight is 740 g/mol. The molecule has 0 fully saturated rings. The second kappa shape index (κ2) is 20.5. The van der Waals surface area contributed by atoms with E-state index in [-0.39, 0.29) is 38.0 Å². The summed E-state index contributed by atoms with van der Waals surface area (Å²) in [6.07, 6.45) is -1.33. The smallest absolute Gasteiger partial charge is 0.437 e. The van der Waals surface area contributed by atoms with Crippen molar-refractivity contribution in [1.82, 2.24) is 15.5 Å². The molecular weight excluding hydrogens is 695 g/mol. The van der Waals surface area contributed by atoms with Gasteiger partial charge in [-0.25, -0.2) is 9.59 Å². The highest BCUT2D eigenvalue weighted by Gasteiger charge is 2.37. The lowest BCUT2D eigenvalue weighted by atomic mass is 9.88. The van der Waals surface area contributed by atoms with Gasteiger partial charge in [-0.3, -0.25) is 14.9 Å². The van der Waals surface area contributed by atoms with Crippen LogP contribution in [-0.4, -0.2) is 47.4 Å². The Hall–Kier alpha value is -6.75. The number of nitrogens with zero attached hydrogens (tertiary/aromatic N) is 2. The second-order valence-corrected chi connectivity index (χ2v) is 12.8. The lowest BCUT2D eigenvalue weighted by molar-refractivity contribution is -0.142. The lowest BCUT2D eigenvalue weighted by Crippen LogP contribution is -2.51. The molecule has 0 radical (unpaired) electrons. The Kier molecular flexibility index (Phi) is 14.7. The van der Waals surface area contributed by atoms with Gasteiger partial charge in [0.2, 0.25) is 17.8 Å². The Morgan fingerprint density at radius 3 is 1.60 bits per heavy atom. The molecule has 282 valence electrons. The average Bonchev–Trinajstić information content (AvgIpc) is 3.22. The minimum absolute atomic E-state index is 0.00484. The number of carbonyl (C=O) groups is 4. The number of hydrogen-bond acceptors (Lipinski definition) is 6. The van der Waals surface area contributed by atoms with Crippen LogP contribution in [0.15, 0.2) is 157 Å². The van der Waals surface area contributed by atoms with Gasteiger partial charge in [0.05, 0.1) is 12.0 Å². The van der Waals surface area contributed by atoms with Crippen LogP contribution in [0, 0.1) is 0 Å². The molecule has 11 heteroatoms. The van der Waals surface area contributed by atoms with Crippen molar-refractivity contribution in [3.63, 3.8) is 0 Å². The van der Waals surface area contributed by atoms with Gasteiger partial charge < -0.3 is 25.4 Å². The first kappa shape index (κ1) is 39.5. The number of hydrogen-bond donors (Lipinski definition) is 3. The van der Waals surface area contributed by atoms with Gasteiger partial charge in [0.1, 0.15) is 19.3 Å². The first-order chi connectivity index (χ1) is 26.8. The molecule has 0 aliphatic heterocycles. The fourth-order valence-electron chi connectivity index (χ4n) is 6.16. The lowest BCUT2D eigenvalue weighted by Gasteiger charge is -2.38. The number of aliphatic imine (C=N–C) groups is 1. The maximum Gasteiger partial charge on any atom is 0.437 e. The SMILES string of the molecule is C[C@@H](c1ccccc1)N(C(=O)C(c1ccccc1)c1ccccc1)[C@H](CCCNC(=NC(=O)OCc1ccccc1)NC(=O)OCc1ccccc1)C(N)=O. The molecule has 4 N–H and O–H groups in total. The van der Waals surface area contributed by atoms with Crippen molar-refractivity contribution in [2.75, 3.05) is 6.54 Å². The zero-order valence-electron chi connectivity index (χ0n) is 30.6. The monoisotopic (exact) mass is 739 g/mol. The van der Waals surface area contributed by atoms with E-state index < -0.39 is 36.1 Å². The highest BCUT2D eigenvalue weighted by Crippen LogP contribution is 2.33. The molecule has 11 nitrogen and oxygen atoms in total. The van der Waals surface area contributed by atoms with E-state index in [0.717, 1.165) is 27.8 Å². The number of carbonyl (C=O) groups excluding carboxylic acids is 4. The van der Waals surface area contributed by atoms with E-state index >= 15 is 0 Å². The molecule has 5 aromatic rings. The second-order valence-electron chi connectivity index (χ2n) is 12.8. The van der Waals surface area contributed by atoms with E-state index in [1.807, 2.05) is 146 Å². The predicted octanol–water partition coefficient (Wildman–Crippen LogP) is 7.25. The van der Waals surface area contributed by atoms with Gasteiger partial charge in [-0.05, 0) is 47.6 Å². The topological polar surface area (TPSA) is 152 Å². The zero-order chi connectivity index (χ0) is 38.8. The Balaban J connectivity index is 1.34. The third-order valence-electron chi connectivity index (χ3n) is 8.92. The number of amides is 4. The van der Waals surface area contributed by atoms with Crippen LogP contribution in [0.4, 0.5) is 9.59 Å². The summed E-state index contributed by atoms with van der Waals surface area (Å²) in [7, 11) is 0.